The first-order chi connectivity index (χ1) is 13.1. The minimum atomic E-state index is -0.903. The molecule has 0 atom stereocenters. The molecule has 0 radical (unpaired) electrons. The Morgan fingerprint density at radius 1 is 1.11 bits per heavy atom. The Kier molecular flexibility index (Phi) is 4.77. The molecule has 0 bridgehead atoms. The van der Waals surface area contributed by atoms with Gasteiger partial charge < -0.3 is 25.0 Å². The molecule has 7 nitrogen and oxygen atoms in total. The topological polar surface area (TPSA) is 107 Å². The van der Waals surface area contributed by atoms with Crippen LogP contribution in [-0.4, -0.2) is 40.7 Å². The number of carbonyl (C=O) groups excluding carboxylic acids is 2. The molecule has 0 aliphatic carbocycles. The Labute approximate surface area is 162 Å². The van der Waals surface area contributed by atoms with Gasteiger partial charge in [0.15, 0.2) is 29.6 Å². The number of carbonyl (C=O) groups is 2. The molecule has 2 aromatic carbocycles. The summed E-state index contributed by atoms with van der Waals surface area (Å²) in [6, 6.07) is 9.77. The zero-order valence-corrected chi connectivity index (χ0v) is 15.8. The summed E-state index contributed by atoms with van der Waals surface area (Å²) in [5.41, 5.74) is 2.34. The fourth-order valence-electron chi connectivity index (χ4n) is 3.40. The van der Waals surface area contributed by atoms with Crippen LogP contribution in [-0.2, 0) is 14.9 Å². The fraction of sp³-hybridized carbons (Fsp3) is 0.238. The van der Waals surface area contributed by atoms with E-state index in [1.807, 2.05) is 50.1 Å². The van der Waals surface area contributed by atoms with Gasteiger partial charge >= 0.3 is 5.97 Å². The van der Waals surface area contributed by atoms with Crippen LogP contribution in [0.1, 0.15) is 29.8 Å². The monoisotopic (exact) mass is 383 g/mol. The van der Waals surface area contributed by atoms with Crippen molar-refractivity contribution in [2.45, 2.75) is 19.3 Å². The predicted molar refractivity (Wildman–Crippen MR) is 103 cm³/mol. The van der Waals surface area contributed by atoms with Gasteiger partial charge in [-0.25, -0.2) is 4.79 Å². The van der Waals surface area contributed by atoms with Gasteiger partial charge in [-0.3, -0.25) is 4.79 Å². The van der Waals surface area contributed by atoms with E-state index < -0.39 is 35.6 Å². The van der Waals surface area contributed by atoms with E-state index in [1.165, 1.54) is 6.08 Å². The standard InChI is InChI=1S/C21H21NO6/c1-21(2)14-6-4-5-7-15(14)22(3)18(21)10-13(23)11-28-20(27)12-8-16(24)19(26)17(25)9-12/h4-10,24-26H,11H2,1-3H3. The first kappa shape index (κ1) is 19.3. The largest absolute Gasteiger partial charge is 0.504 e. The summed E-state index contributed by atoms with van der Waals surface area (Å²) in [4.78, 5) is 26.4. The number of ether oxygens (including phenoxy) is 1. The van der Waals surface area contributed by atoms with E-state index in [-0.39, 0.29) is 11.0 Å². The van der Waals surface area contributed by atoms with Crippen molar-refractivity contribution in [3.8, 4) is 17.2 Å². The number of rotatable bonds is 4. The van der Waals surface area contributed by atoms with Crippen molar-refractivity contribution >= 4 is 17.4 Å². The van der Waals surface area contributed by atoms with Crippen molar-refractivity contribution < 1.29 is 29.6 Å². The number of anilines is 1. The number of fused-ring (bicyclic) bond motifs is 1. The lowest BCUT2D eigenvalue weighted by Gasteiger charge is -2.23. The number of ketones is 1. The third kappa shape index (κ3) is 3.26. The van der Waals surface area contributed by atoms with E-state index in [1.54, 1.807) is 0 Å². The number of phenolic OH excluding ortho intramolecular Hbond substituents is 3. The fourth-order valence-corrected chi connectivity index (χ4v) is 3.40. The molecule has 2 aromatic rings. The van der Waals surface area contributed by atoms with Gasteiger partial charge in [-0.1, -0.05) is 32.0 Å². The van der Waals surface area contributed by atoms with Gasteiger partial charge in [0.05, 0.1) is 5.56 Å². The van der Waals surface area contributed by atoms with E-state index in [0.717, 1.165) is 29.1 Å². The molecule has 1 heterocycles. The Balaban J connectivity index is 1.73. The quantitative estimate of drug-likeness (QED) is 0.423. The van der Waals surface area contributed by atoms with Crippen LogP contribution in [0.2, 0.25) is 0 Å². The number of nitrogens with zero attached hydrogens (tertiary/aromatic N) is 1. The molecule has 146 valence electrons. The third-order valence-electron chi connectivity index (χ3n) is 4.89. The Morgan fingerprint density at radius 2 is 1.71 bits per heavy atom. The minimum absolute atomic E-state index is 0.182. The number of likely N-dealkylation sites (N-methyl/N-ethyl adjacent to an activating group) is 1. The lowest BCUT2D eigenvalue weighted by Crippen LogP contribution is -2.25. The van der Waals surface area contributed by atoms with Gasteiger partial charge in [0.1, 0.15) is 0 Å². The highest BCUT2D eigenvalue weighted by molar-refractivity contribution is 5.97. The molecule has 1 aliphatic heterocycles. The molecule has 0 unspecified atom stereocenters. The third-order valence-corrected chi connectivity index (χ3v) is 4.89. The van der Waals surface area contributed by atoms with Crippen LogP contribution in [0.15, 0.2) is 48.2 Å². The smallest absolute Gasteiger partial charge is 0.338 e. The van der Waals surface area contributed by atoms with Gasteiger partial charge in [-0.2, -0.15) is 0 Å². The van der Waals surface area contributed by atoms with Crippen LogP contribution in [0, 0.1) is 0 Å². The van der Waals surface area contributed by atoms with E-state index in [4.69, 9.17) is 4.74 Å². The Hall–Kier alpha value is -3.48. The second kappa shape index (κ2) is 6.92. The van der Waals surface area contributed by atoms with E-state index in [0.29, 0.717) is 0 Å². The molecule has 0 saturated carbocycles. The summed E-state index contributed by atoms with van der Waals surface area (Å²) in [6.07, 6.45) is 1.46. The highest BCUT2D eigenvalue weighted by Crippen LogP contribution is 2.46. The summed E-state index contributed by atoms with van der Waals surface area (Å²) in [7, 11) is 1.88. The summed E-state index contributed by atoms with van der Waals surface area (Å²) < 4.78 is 4.98. The first-order valence-electron chi connectivity index (χ1n) is 8.63. The number of aromatic hydroxyl groups is 3. The lowest BCUT2D eigenvalue weighted by atomic mass is 9.83. The van der Waals surface area contributed by atoms with Crippen LogP contribution in [0.25, 0.3) is 0 Å². The van der Waals surface area contributed by atoms with Gasteiger partial charge in [0.2, 0.25) is 0 Å². The van der Waals surface area contributed by atoms with Crippen molar-refractivity contribution in [1.29, 1.82) is 0 Å². The second-order valence-electron chi connectivity index (χ2n) is 7.14. The Morgan fingerprint density at radius 3 is 2.32 bits per heavy atom. The van der Waals surface area contributed by atoms with Gasteiger partial charge in [-0.05, 0) is 23.8 Å². The molecule has 1 aliphatic rings. The molecule has 0 aromatic heterocycles. The summed E-state index contributed by atoms with van der Waals surface area (Å²) in [5.74, 6) is -3.36. The second-order valence-corrected chi connectivity index (χ2v) is 7.14. The van der Waals surface area contributed by atoms with Crippen molar-refractivity contribution in [3.05, 3.63) is 59.3 Å². The SMILES string of the molecule is CN1C(=CC(=O)COC(=O)c2cc(O)c(O)c(O)c2)C(C)(C)c2ccccc21. The van der Waals surface area contributed by atoms with Gasteiger partial charge in [-0.15, -0.1) is 0 Å². The maximum absolute atomic E-state index is 12.4. The van der Waals surface area contributed by atoms with E-state index in [9.17, 15) is 24.9 Å². The molecule has 28 heavy (non-hydrogen) atoms. The van der Waals surface area contributed by atoms with E-state index in [2.05, 4.69) is 0 Å². The number of benzene rings is 2. The van der Waals surface area contributed by atoms with Crippen LogP contribution < -0.4 is 4.90 Å². The summed E-state index contributed by atoms with van der Waals surface area (Å²) in [5, 5.41) is 28.3. The molecule has 3 N–H and O–H groups in total. The predicted octanol–water partition coefficient (Wildman–Crippen LogP) is 2.84. The molecule has 3 rings (SSSR count). The highest BCUT2D eigenvalue weighted by Gasteiger charge is 2.38. The number of phenols is 3. The molecule has 0 saturated heterocycles. The van der Waals surface area contributed by atoms with Crippen molar-refractivity contribution in [3.63, 3.8) is 0 Å². The molecule has 0 fully saturated rings. The average molecular weight is 383 g/mol. The lowest BCUT2D eigenvalue weighted by molar-refractivity contribution is -0.117. The molecule has 0 amide bonds. The van der Waals surface area contributed by atoms with Crippen molar-refractivity contribution in [2.75, 3.05) is 18.6 Å². The molecular weight excluding hydrogens is 362 g/mol. The van der Waals surface area contributed by atoms with Crippen LogP contribution in [0.4, 0.5) is 5.69 Å². The summed E-state index contributed by atoms with van der Waals surface area (Å²) >= 11 is 0. The zero-order chi connectivity index (χ0) is 20.6. The highest BCUT2D eigenvalue weighted by atomic mass is 16.5. The van der Waals surface area contributed by atoms with Crippen LogP contribution in [0.3, 0.4) is 0 Å². The van der Waals surface area contributed by atoms with Gasteiger partial charge in [0.25, 0.3) is 0 Å². The van der Waals surface area contributed by atoms with Gasteiger partial charge in [0, 0.05) is 29.9 Å². The summed E-state index contributed by atoms with van der Waals surface area (Å²) in [6.45, 7) is 3.54. The number of hydrogen-bond acceptors (Lipinski definition) is 7. The van der Waals surface area contributed by atoms with Crippen LogP contribution in [0.5, 0.6) is 17.2 Å². The van der Waals surface area contributed by atoms with E-state index >= 15 is 0 Å². The molecule has 7 heteroatoms. The van der Waals surface area contributed by atoms with Crippen molar-refractivity contribution in [1.82, 2.24) is 0 Å². The first-order valence-corrected chi connectivity index (χ1v) is 8.63. The number of allylic oxidation sites excluding steroid dienone is 1. The zero-order valence-electron chi connectivity index (χ0n) is 15.8. The molecular formula is C21H21NO6. The van der Waals surface area contributed by atoms with Crippen molar-refractivity contribution in [2.24, 2.45) is 0 Å². The Bertz CT molecular complexity index is 969. The molecule has 0 spiro atoms. The maximum atomic E-state index is 12.4. The van der Waals surface area contributed by atoms with Crippen LogP contribution >= 0.6 is 0 Å². The number of para-hydroxylation sites is 1. The minimum Gasteiger partial charge on any atom is -0.504 e. The average Bonchev–Trinajstić information content (AvgIpc) is 2.85. The number of esters is 1. The normalized spacial score (nSPS) is 16.1. The maximum Gasteiger partial charge on any atom is 0.338 e. The number of hydrogen-bond donors (Lipinski definition) is 3.